The minimum Gasteiger partial charge on any atom is -0.374 e. The van der Waals surface area contributed by atoms with Crippen molar-refractivity contribution in [3.8, 4) is 0 Å². The average Bonchev–Trinajstić information content (AvgIpc) is 2.10. The Kier molecular flexibility index (Phi) is 15.8. The van der Waals surface area contributed by atoms with Crippen molar-refractivity contribution >= 4 is 0 Å². The Morgan fingerprint density at radius 3 is 2.00 bits per heavy atom. The molecule has 0 N–H and O–H groups in total. The zero-order valence-corrected chi connectivity index (χ0v) is 9.10. The van der Waals surface area contributed by atoms with Crippen LogP contribution in [0, 0.1) is 0 Å². The highest BCUT2D eigenvalue weighted by Crippen LogP contribution is 2.21. The number of rotatable bonds is 3. The highest BCUT2D eigenvalue weighted by atomic mass is 16.5. The first kappa shape index (κ1) is 14.2. The third-order valence-electron chi connectivity index (χ3n) is 1.50. The van der Waals surface area contributed by atoms with Crippen molar-refractivity contribution < 1.29 is 4.74 Å². The molecule has 0 spiro atoms. The Morgan fingerprint density at radius 2 is 1.75 bits per heavy atom. The zero-order chi connectivity index (χ0) is 9.82. The van der Waals surface area contributed by atoms with E-state index < -0.39 is 0 Å². The van der Waals surface area contributed by atoms with E-state index >= 15 is 0 Å². The summed E-state index contributed by atoms with van der Waals surface area (Å²) in [5, 5.41) is 0. The maximum Gasteiger partial charge on any atom is 0.0648 e. The van der Waals surface area contributed by atoms with Gasteiger partial charge in [-0.2, -0.15) is 0 Å². The van der Waals surface area contributed by atoms with Crippen molar-refractivity contribution in [1.29, 1.82) is 0 Å². The molecule has 0 aliphatic heterocycles. The number of hydrogen-bond donors (Lipinski definition) is 0. The Bertz CT molecular complexity index is 75.1. The summed E-state index contributed by atoms with van der Waals surface area (Å²) in [5.74, 6) is 0. The minimum atomic E-state index is 0.563. The van der Waals surface area contributed by atoms with Crippen molar-refractivity contribution in [2.24, 2.45) is 0 Å². The lowest BCUT2D eigenvalue weighted by Gasteiger charge is -2.24. The molecule has 0 unspecified atom stereocenters. The standard InChI is InChI=1S/C7H12O.2C2H6/c1-2-6-8-7-4-3-5-7;2*1-2/h2,7H,1,3-6H2;2*1-2H3. The van der Waals surface area contributed by atoms with Gasteiger partial charge in [-0.15, -0.1) is 6.58 Å². The predicted octanol–water partition coefficient (Wildman–Crippen LogP) is 3.79. The second kappa shape index (κ2) is 13.3. The van der Waals surface area contributed by atoms with E-state index in [0.29, 0.717) is 6.10 Å². The van der Waals surface area contributed by atoms with Gasteiger partial charge in [-0.1, -0.05) is 33.8 Å². The van der Waals surface area contributed by atoms with Crippen LogP contribution in [0.2, 0.25) is 0 Å². The Morgan fingerprint density at radius 1 is 1.25 bits per heavy atom. The topological polar surface area (TPSA) is 9.23 Å². The number of ether oxygens (including phenoxy) is 1. The van der Waals surface area contributed by atoms with E-state index in [1.165, 1.54) is 19.3 Å². The lowest BCUT2D eigenvalue weighted by molar-refractivity contribution is 0.0189. The monoisotopic (exact) mass is 172 g/mol. The van der Waals surface area contributed by atoms with E-state index in [9.17, 15) is 0 Å². The molecular weight excluding hydrogens is 148 g/mol. The molecule has 1 aliphatic rings. The Hall–Kier alpha value is -0.300. The van der Waals surface area contributed by atoms with Crippen molar-refractivity contribution in [3.63, 3.8) is 0 Å². The maximum atomic E-state index is 5.31. The first-order chi connectivity index (χ1) is 5.93. The van der Waals surface area contributed by atoms with Crippen molar-refractivity contribution in [1.82, 2.24) is 0 Å². The second-order valence-electron chi connectivity index (χ2n) is 2.17. The van der Waals surface area contributed by atoms with Gasteiger partial charge in [-0.25, -0.2) is 0 Å². The zero-order valence-electron chi connectivity index (χ0n) is 9.10. The molecule has 1 saturated carbocycles. The van der Waals surface area contributed by atoms with Crippen molar-refractivity contribution in [2.45, 2.75) is 53.1 Å². The molecule has 0 aromatic carbocycles. The van der Waals surface area contributed by atoms with Gasteiger partial charge in [-0.05, 0) is 19.3 Å². The van der Waals surface area contributed by atoms with E-state index in [0.717, 1.165) is 6.61 Å². The van der Waals surface area contributed by atoms with Crippen LogP contribution in [-0.4, -0.2) is 12.7 Å². The first-order valence-corrected chi connectivity index (χ1v) is 5.16. The van der Waals surface area contributed by atoms with Gasteiger partial charge in [-0.3, -0.25) is 0 Å². The van der Waals surface area contributed by atoms with Crippen LogP contribution in [0.3, 0.4) is 0 Å². The van der Waals surface area contributed by atoms with Crippen LogP contribution in [0.25, 0.3) is 0 Å². The SMILES string of the molecule is C=CCOC1CCC1.CC.CC. The van der Waals surface area contributed by atoms with E-state index in [-0.39, 0.29) is 0 Å². The summed E-state index contributed by atoms with van der Waals surface area (Å²) in [6.45, 7) is 12.3. The molecule has 0 saturated heterocycles. The first-order valence-electron chi connectivity index (χ1n) is 5.16. The van der Waals surface area contributed by atoms with Crippen LogP contribution in [0.15, 0.2) is 12.7 Å². The van der Waals surface area contributed by atoms with Gasteiger partial charge in [0.05, 0.1) is 12.7 Å². The lowest BCUT2D eigenvalue weighted by atomic mass is 9.96. The van der Waals surface area contributed by atoms with Gasteiger partial charge in [0.25, 0.3) is 0 Å². The molecule has 0 amide bonds. The van der Waals surface area contributed by atoms with Crippen LogP contribution in [0.5, 0.6) is 0 Å². The third kappa shape index (κ3) is 7.80. The van der Waals surface area contributed by atoms with Crippen molar-refractivity contribution in [3.05, 3.63) is 12.7 Å². The lowest BCUT2D eigenvalue weighted by Crippen LogP contribution is -2.21. The summed E-state index contributed by atoms with van der Waals surface area (Å²) in [4.78, 5) is 0. The molecule has 1 aliphatic carbocycles. The van der Waals surface area contributed by atoms with Crippen LogP contribution in [0.4, 0.5) is 0 Å². The number of hydrogen-bond acceptors (Lipinski definition) is 1. The van der Waals surface area contributed by atoms with Crippen molar-refractivity contribution in [2.75, 3.05) is 6.61 Å². The van der Waals surface area contributed by atoms with Crippen LogP contribution in [0.1, 0.15) is 47.0 Å². The Balaban J connectivity index is 0. The quantitative estimate of drug-likeness (QED) is 0.588. The summed E-state index contributed by atoms with van der Waals surface area (Å²) in [7, 11) is 0. The molecule has 0 aromatic rings. The molecule has 0 bridgehead atoms. The van der Waals surface area contributed by atoms with Gasteiger partial charge >= 0.3 is 0 Å². The smallest absolute Gasteiger partial charge is 0.0648 e. The second-order valence-corrected chi connectivity index (χ2v) is 2.17. The fourth-order valence-corrected chi connectivity index (χ4v) is 0.742. The highest BCUT2D eigenvalue weighted by Gasteiger charge is 2.16. The van der Waals surface area contributed by atoms with Gasteiger partial charge in [0.15, 0.2) is 0 Å². The minimum absolute atomic E-state index is 0.563. The predicted molar refractivity (Wildman–Crippen MR) is 56.5 cm³/mol. The molecule has 0 aromatic heterocycles. The third-order valence-corrected chi connectivity index (χ3v) is 1.50. The fourth-order valence-electron chi connectivity index (χ4n) is 0.742. The van der Waals surface area contributed by atoms with Gasteiger partial charge < -0.3 is 4.74 Å². The fraction of sp³-hybridized carbons (Fsp3) is 0.818. The normalized spacial score (nSPS) is 14.3. The summed E-state index contributed by atoms with van der Waals surface area (Å²) in [5.41, 5.74) is 0. The highest BCUT2D eigenvalue weighted by molar-refractivity contribution is 4.72. The summed E-state index contributed by atoms with van der Waals surface area (Å²) >= 11 is 0. The molecule has 0 heterocycles. The van der Waals surface area contributed by atoms with Crippen LogP contribution >= 0.6 is 0 Å². The van der Waals surface area contributed by atoms with E-state index in [1.54, 1.807) is 6.08 Å². The van der Waals surface area contributed by atoms with E-state index in [2.05, 4.69) is 6.58 Å². The Labute approximate surface area is 77.8 Å². The van der Waals surface area contributed by atoms with E-state index in [1.807, 2.05) is 27.7 Å². The average molecular weight is 172 g/mol. The van der Waals surface area contributed by atoms with Gasteiger partial charge in [0.1, 0.15) is 0 Å². The maximum absolute atomic E-state index is 5.31. The molecule has 1 fully saturated rings. The molecule has 12 heavy (non-hydrogen) atoms. The largest absolute Gasteiger partial charge is 0.374 e. The summed E-state index contributed by atoms with van der Waals surface area (Å²) in [6.07, 6.45) is 6.23. The van der Waals surface area contributed by atoms with Crippen LogP contribution in [-0.2, 0) is 4.74 Å². The molecule has 1 nitrogen and oxygen atoms in total. The van der Waals surface area contributed by atoms with Gasteiger partial charge in [0.2, 0.25) is 0 Å². The molecular formula is C11H24O. The summed E-state index contributed by atoms with van der Waals surface area (Å²) < 4.78 is 5.31. The van der Waals surface area contributed by atoms with Crippen LogP contribution < -0.4 is 0 Å². The summed E-state index contributed by atoms with van der Waals surface area (Å²) in [6, 6.07) is 0. The molecule has 0 radical (unpaired) electrons. The molecule has 1 rings (SSSR count). The molecule has 1 heteroatoms. The molecule has 74 valence electrons. The van der Waals surface area contributed by atoms with Gasteiger partial charge in [0, 0.05) is 0 Å². The van der Waals surface area contributed by atoms with E-state index in [4.69, 9.17) is 4.74 Å². The molecule has 0 atom stereocenters.